The summed E-state index contributed by atoms with van der Waals surface area (Å²) in [6.45, 7) is 0.878. The maximum Gasteiger partial charge on any atom is 0.272 e. The zero-order chi connectivity index (χ0) is 18.6. The number of carbonyl (C=O) groups is 1. The molecule has 2 heterocycles. The molecule has 1 amide bonds. The molecule has 0 radical (unpaired) electrons. The van der Waals surface area contributed by atoms with Gasteiger partial charge in [0, 0.05) is 24.7 Å². The van der Waals surface area contributed by atoms with E-state index in [9.17, 15) is 14.3 Å². The van der Waals surface area contributed by atoms with Crippen LogP contribution in [0.25, 0.3) is 5.69 Å². The summed E-state index contributed by atoms with van der Waals surface area (Å²) in [5.74, 6) is 0.259. The molecule has 7 heteroatoms. The molecule has 2 aromatic rings. The first kappa shape index (κ1) is 16.9. The number of nitrogens with zero attached hydrogens (tertiary/aromatic N) is 2. The van der Waals surface area contributed by atoms with Crippen LogP contribution in [0.1, 0.15) is 46.9 Å². The van der Waals surface area contributed by atoms with Crippen LogP contribution in [0, 0.1) is 11.7 Å². The summed E-state index contributed by atoms with van der Waals surface area (Å²) in [4.78, 5) is 13.1. The molecule has 1 aromatic carbocycles. The van der Waals surface area contributed by atoms with Crippen molar-refractivity contribution >= 4 is 5.91 Å². The summed E-state index contributed by atoms with van der Waals surface area (Å²) < 4.78 is 21.4. The number of halogens is 1. The van der Waals surface area contributed by atoms with Gasteiger partial charge in [-0.2, -0.15) is 5.10 Å². The van der Waals surface area contributed by atoms with E-state index in [0.29, 0.717) is 49.3 Å². The molecule has 2 atom stereocenters. The van der Waals surface area contributed by atoms with Gasteiger partial charge in [-0.3, -0.25) is 4.79 Å². The lowest BCUT2D eigenvalue weighted by molar-refractivity contribution is 0.0124. The second-order valence-corrected chi connectivity index (χ2v) is 7.89. The van der Waals surface area contributed by atoms with Crippen LogP contribution in [0.4, 0.5) is 4.39 Å². The van der Waals surface area contributed by atoms with E-state index in [4.69, 9.17) is 4.74 Å². The van der Waals surface area contributed by atoms with Crippen molar-refractivity contribution < 1.29 is 19.0 Å². The molecule has 2 fully saturated rings. The van der Waals surface area contributed by atoms with E-state index in [1.165, 1.54) is 6.07 Å². The quantitative estimate of drug-likeness (QED) is 0.861. The lowest BCUT2D eigenvalue weighted by Gasteiger charge is -2.36. The smallest absolute Gasteiger partial charge is 0.272 e. The Kier molecular flexibility index (Phi) is 3.84. The summed E-state index contributed by atoms with van der Waals surface area (Å²) >= 11 is 0. The third kappa shape index (κ3) is 2.68. The van der Waals surface area contributed by atoms with Gasteiger partial charge in [0.25, 0.3) is 5.91 Å². The predicted octanol–water partition coefficient (Wildman–Crippen LogP) is 1.94. The number of aromatic nitrogens is 2. The molecule has 0 bridgehead atoms. The van der Waals surface area contributed by atoms with Crippen LogP contribution in [0.5, 0.6) is 0 Å². The maximum atomic E-state index is 14.4. The monoisotopic (exact) mass is 371 g/mol. The first-order chi connectivity index (χ1) is 13.1. The van der Waals surface area contributed by atoms with Gasteiger partial charge in [-0.1, -0.05) is 12.1 Å². The van der Waals surface area contributed by atoms with Crippen LogP contribution in [0.3, 0.4) is 0 Å². The molecule has 0 unspecified atom stereocenters. The first-order valence-corrected chi connectivity index (χ1v) is 9.50. The van der Waals surface area contributed by atoms with E-state index in [0.717, 1.165) is 24.1 Å². The molecule has 1 aliphatic heterocycles. The Morgan fingerprint density at radius 1 is 1.37 bits per heavy atom. The van der Waals surface area contributed by atoms with Gasteiger partial charge in [-0.25, -0.2) is 9.07 Å². The van der Waals surface area contributed by atoms with E-state index in [-0.39, 0.29) is 18.3 Å². The van der Waals surface area contributed by atoms with Crippen molar-refractivity contribution in [3.8, 4) is 5.69 Å². The van der Waals surface area contributed by atoms with Crippen LogP contribution >= 0.6 is 0 Å². The van der Waals surface area contributed by atoms with Crippen LogP contribution in [-0.4, -0.2) is 46.2 Å². The van der Waals surface area contributed by atoms with E-state index in [1.54, 1.807) is 22.9 Å². The van der Waals surface area contributed by atoms with Gasteiger partial charge in [0.15, 0.2) is 5.69 Å². The minimum absolute atomic E-state index is 0.135. The number of hydrogen-bond donors (Lipinski definition) is 2. The molecule has 1 saturated carbocycles. The number of rotatable bonds is 4. The van der Waals surface area contributed by atoms with Crippen molar-refractivity contribution in [1.82, 2.24) is 15.1 Å². The highest BCUT2D eigenvalue weighted by Crippen LogP contribution is 2.57. The Balaban J connectivity index is 1.52. The first-order valence-electron chi connectivity index (χ1n) is 9.50. The van der Waals surface area contributed by atoms with E-state index in [2.05, 4.69) is 10.4 Å². The van der Waals surface area contributed by atoms with Gasteiger partial charge in [0.1, 0.15) is 11.5 Å². The number of hydrogen-bond acceptors (Lipinski definition) is 4. The van der Waals surface area contributed by atoms with Gasteiger partial charge in [-0.05, 0) is 43.7 Å². The summed E-state index contributed by atoms with van der Waals surface area (Å²) in [6.07, 6.45) is 3.02. The zero-order valence-electron chi connectivity index (χ0n) is 14.9. The molecule has 5 rings (SSSR count). The number of nitrogens with one attached hydrogen (secondary N) is 1. The number of aliphatic hydroxyl groups excluding tert-OH is 1. The number of ether oxygens (including phenoxy) is 1. The summed E-state index contributed by atoms with van der Waals surface area (Å²) in [5.41, 5.74) is 1.96. The molecular weight excluding hydrogens is 349 g/mol. The normalized spacial score (nSPS) is 25.0. The topological polar surface area (TPSA) is 76.4 Å². The fourth-order valence-electron chi connectivity index (χ4n) is 4.49. The second kappa shape index (κ2) is 6.14. The highest BCUT2D eigenvalue weighted by Gasteiger charge is 2.50. The molecule has 1 saturated heterocycles. The maximum absolute atomic E-state index is 14.4. The number of fused-ring (bicyclic) bond motifs is 3. The largest absolute Gasteiger partial charge is 0.394 e. The minimum atomic E-state index is -0.675. The average molecular weight is 371 g/mol. The van der Waals surface area contributed by atoms with Crippen molar-refractivity contribution in [2.24, 2.45) is 5.92 Å². The fourth-order valence-corrected chi connectivity index (χ4v) is 4.49. The van der Waals surface area contributed by atoms with Gasteiger partial charge < -0.3 is 15.2 Å². The van der Waals surface area contributed by atoms with Crippen LogP contribution in [0.15, 0.2) is 24.3 Å². The Labute approximate surface area is 156 Å². The van der Waals surface area contributed by atoms with Crippen LogP contribution < -0.4 is 5.32 Å². The third-order valence-electron chi connectivity index (χ3n) is 6.19. The Bertz CT molecular complexity index is 904. The van der Waals surface area contributed by atoms with Crippen molar-refractivity contribution in [2.45, 2.75) is 37.1 Å². The summed E-state index contributed by atoms with van der Waals surface area (Å²) in [5, 5.41) is 17.4. The number of amides is 1. The van der Waals surface area contributed by atoms with Crippen molar-refractivity contribution in [3.05, 3.63) is 47.0 Å². The van der Waals surface area contributed by atoms with Crippen LogP contribution in [-0.2, 0) is 11.2 Å². The standard InChI is InChI=1S/C20H22FN3O3/c21-15-3-1-2-4-16(15)24-18-13-9-12(13)10-14(18)17(23-24)19(26)22-20(11-25)5-7-27-8-6-20/h1-4,12-13,25H,5-11H2,(H,22,26)/t12-,13-/m1/s1. The van der Waals surface area contributed by atoms with Crippen molar-refractivity contribution in [2.75, 3.05) is 19.8 Å². The Morgan fingerprint density at radius 3 is 2.89 bits per heavy atom. The number of aliphatic hydroxyl groups is 1. The SMILES string of the molecule is O=C(NC1(CO)CCOCC1)c1nn(-c2ccccc2F)c2c1C[C@H]1C[C@@H]21. The molecular formula is C20H22FN3O3. The zero-order valence-corrected chi connectivity index (χ0v) is 14.9. The fraction of sp³-hybridized carbons (Fsp3) is 0.500. The lowest BCUT2D eigenvalue weighted by atomic mass is 9.90. The van der Waals surface area contributed by atoms with Crippen molar-refractivity contribution in [1.29, 1.82) is 0 Å². The third-order valence-corrected chi connectivity index (χ3v) is 6.19. The summed E-state index contributed by atoms with van der Waals surface area (Å²) in [6, 6.07) is 6.51. The van der Waals surface area contributed by atoms with E-state index < -0.39 is 5.54 Å². The van der Waals surface area contributed by atoms with Crippen LogP contribution in [0.2, 0.25) is 0 Å². The number of benzene rings is 1. The molecule has 3 aliphatic rings. The van der Waals surface area contributed by atoms with Gasteiger partial charge in [0.2, 0.25) is 0 Å². The van der Waals surface area contributed by atoms with Gasteiger partial charge in [-0.15, -0.1) is 0 Å². The molecule has 1 aromatic heterocycles. The van der Waals surface area contributed by atoms with E-state index >= 15 is 0 Å². The molecule has 6 nitrogen and oxygen atoms in total. The molecule has 142 valence electrons. The molecule has 2 N–H and O–H groups in total. The molecule has 2 aliphatic carbocycles. The lowest BCUT2D eigenvalue weighted by Crippen LogP contribution is -2.54. The Hall–Kier alpha value is -2.25. The Morgan fingerprint density at radius 2 is 2.15 bits per heavy atom. The minimum Gasteiger partial charge on any atom is -0.394 e. The number of carbonyl (C=O) groups excluding carboxylic acids is 1. The van der Waals surface area contributed by atoms with Gasteiger partial charge >= 0.3 is 0 Å². The van der Waals surface area contributed by atoms with Crippen molar-refractivity contribution in [3.63, 3.8) is 0 Å². The molecule has 27 heavy (non-hydrogen) atoms. The molecule has 0 spiro atoms. The van der Waals surface area contributed by atoms with E-state index in [1.807, 2.05) is 0 Å². The number of para-hydroxylation sites is 1. The summed E-state index contributed by atoms with van der Waals surface area (Å²) in [7, 11) is 0. The van der Waals surface area contributed by atoms with Gasteiger partial charge in [0.05, 0.1) is 17.8 Å². The average Bonchev–Trinajstić information content (AvgIpc) is 3.19. The highest BCUT2D eigenvalue weighted by atomic mass is 19.1. The highest BCUT2D eigenvalue weighted by molar-refractivity contribution is 5.95. The predicted molar refractivity (Wildman–Crippen MR) is 95.4 cm³/mol. The second-order valence-electron chi connectivity index (χ2n) is 7.89.